The van der Waals surface area contributed by atoms with Crippen molar-refractivity contribution in [2.24, 2.45) is 5.92 Å². The number of urea groups is 1. The Hall–Kier alpha value is -2.17. The first-order valence-corrected chi connectivity index (χ1v) is 8.08. The van der Waals surface area contributed by atoms with E-state index in [0.29, 0.717) is 12.5 Å². The predicted molar refractivity (Wildman–Crippen MR) is 89.2 cm³/mol. The maximum atomic E-state index is 13.7. The molecule has 1 atom stereocenters. The second kappa shape index (κ2) is 9.21. The van der Waals surface area contributed by atoms with Crippen LogP contribution in [-0.2, 0) is 4.74 Å². The van der Waals surface area contributed by atoms with Crippen molar-refractivity contribution in [2.75, 3.05) is 45.2 Å². The monoisotopic (exact) mass is 334 g/mol. The van der Waals surface area contributed by atoms with Crippen LogP contribution in [0.1, 0.15) is 18.4 Å². The van der Waals surface area contributed by atoms with Gasteiger partial charge in [0, 0.05) is 33.4 Å². The lowest BCUT2D eigenvalue weighted by molar-refractivity contribution is 0.178. The number of carbonyl (C=O) groups is 1. The summed E-state index contributed by atoms with van der Waals surface area (Å²) >= 11 is 0. The van der Waals surface area contributed by atoms with E-state index < -0.39 is 11.8 Å². The molecule has 1 aromatic rings. The maximum Gasteiger partial charge on any atom is 0.319 e. The van der Waals surface area contributed by atoms with Crippen LogP contribution in [-0.4, -0.2) is 50.8 Å². The lowest BCUT2D eigenvalue weighted by atomic mass is 10.1. The topological polar surface area (TPSA) is 77.4 Å². The smallest absolute Gasteiger partial charge is 0.319 e. The molecule has 2 N–H and O–H groups in total. The summed E-state index contributed by atoms with van der Waals surface area (Å²) in [5.74, 6) is -0.210. The van der Waals surface area contributed by atoms with Gasteiger partial charge in [-0.2, -0.15) is 5.26 Å². The number of amides is 2. The molecule has 0 saturated carbocycles. The average molecular weight is 334 g/mol. The maximum absolute atomic E-state index is 13.7. The molecule has 130 valence electrons. The zero-order valence-electron chi connectivity index (χ0n) is 13.8. The molecule has 0 spiro atoms. The molecule has 1 saturated heterocycles. The largest absolute Gasteiger partial charge is 0.385 e. The highest BCUT2D eigenvalue weighted by molar-refractivity contribution is 5.89. The Labute approximate surface area is 141 Å². The summed E-state index contributed by atoms with van der Waals surface area (Å²) in [6.07, 6.45) is 2.05. The standard InChI is InChI=1S/C17H23FN4O2/c1-24-8-2-6-22-7-5-14(12-22)11-20-17(23)21-16-4-3-13(10-19)9-15(16)18/h3-4,9,14H,2,5-8,11-12H2,1H3,(H2,20,21,23)/t14-/m0/s1. The Bertz CT molecular complexity index is 603. The summed E-state index contributed by atoms with van der Waals surface area (Å²) in [5.41, 5.74) is 0.289. The molecule has 0 unspecified atom stereocenters. The van der Waals surface area contributed by atoms with E-state index in [1.165, 1.54) is 12.1 Å². The van der Waals surface area contributed by atoms with Crippen molar-refractivity contribution in [2.45, 2.75) is 12.8 Å². The number of carbonyl (C=O) groups excluding carboxylic acids is 1. The van der Waals surface area contributed by atoms with Crippen LogP contribution >= 0.6 is 0 Å². The number of ether oxygens (including phenoxy) is 1. The molecule has 0 aliphatic carbocycles. The molecule has 1 fully saturated rings. The minimum Gasteiger partial charge on any atom is -0.385 e. The summed E-state index contributed by atoms with van der Waals surface area (Å²) in [6.45, 7) is 4.31. The molecular formula is C17H23FN4O2. The molecule has 1 aliphatic rings. The SMILES string of the molecule is COCCCN1CC[C@@H](CNC(=O)Nc2ccc(C#N)cc2F)C1. The van der Waals surface area contributed by atoms with Crippen LogP contribution in [0.2, 0.25) is 0 Å². The number of halogens is 1. The van der Waals surface area contributed by atoms with Crippen LogP contribution in [0.15, 0.2) is 18.2 Å². The number of nitrogens with zero attached hydrogens (tertiary/aromatic N) is 2. The second-order valence-electron chi connectivity index (χ2n) is 5.94. The van der Waals surface area contributed by atoms with Gasteiger partial charge in [0.2, 0.25) is 0 Å². The quantitative estimate of drug-likeness (QED) is 0.749. The van der Waals surface area contributed by atoms with Crippen molar-refractivity contribution in [3.63, 3.8) is 0 Å². The average Bonchev–Trinajstić information content (AvgIpc) is 3.03. The summed E-state index contributed by atoms with van der Waals surface area (Å²) in [4.78, 5) is 14.2. The van der Waals surface area contributed by atoms with E-state index >= 15 is 0 Å². The minimum absolute atomic E-state index is 0.0686. The molecule has 0 bridgehead atoms. The van der Waals surface area contributed by atoms with Gasteiger partial charge in [-0.3, -0.25) is 0 Å². The van der Waals surface area contributed by atoms with Crippen molar-refractivity contribution in [1.82, 2.24) is 10.2 Å². The molecular weight excluding hydrogens is 311 g/mol. The summed E-state index contributed by atoms with van der Waals surface area (Å²) in [5, 5.41) is 14.0. The van der Waals surface area contributed by atoms with Crippen LogP contribution in [0.3, 0.4) is 0 Å². The third-order valence-electron chi connectivity index (χ3n) is 4.09. The predicted octanol–water partition coefficient (Wildman–Crippen LogP) is 2.18. The Morgan fingerprint density at radius 1 is 1.54 bits per heavy atom. The summed E-state index contributed by atoms with van der Waals surface area (Å²) in [6, 6.07) is 5.38. The van der Waals surface area contributed by atoms with E-state index in [0.717, 1.165) is 45.1 Å². The summed E-state index contributed by atoms with van der Waals surface area (Å²) in [7, 11) is 1.70. The van der Waals surface area contributed by atoms with Gasteiger partial charge in [-0.25, -0.2) is 9.18 Å². The molecule has 2 rings (SSSR count). The van der Waals surface area contributed by atoms with Crippen molar-refractivity contribution < 1.29 is 13.9 Å². The number of hydrogen-bond acceptors (Lipinski definition) is 4. The zero-order valence-corrected chi connectivity index (χ0v) is 13.8. The number of anilines is 1. The van der Waals surface area contributed by atoms with Crippen LogP contribution < -0.4 is 10.6 Å². The van der Waals surface area contributed by atoms with Crippen molar-refractivity contribution in [3.05, 3.63) is 29.6 Å². The fourth-order valence-corrected chi connectivity index (χ4v) is 2.80. The molecule has 2 amide bonds. The lowest BCUT2D eigenvalue weighted by Gasteiger charge is -2.16. The molecule has 0 radical (unpaired) electrons. The Balaban J connectivity index is 1.71. The molecule has 24 heavy (non-hydrogen) atoms. The van der Waals surface area contributed by atoms with Gasteiger partial charge in [-0.1, -0.05) is 0 Å². The highest BCUT2D eigenvalue weighted by Crippen LogP contribution is 2.17. The fraction of sp³-hybridized carbons (Fsp3) is 0.529. The highest BCUT2D eigenvalue weighted by atomic mass is 19.1. The number of benzene rings is 1. The fourth-order valence-electron chi connectivity index (χ4n) is 2.80. The highest BCUT2D eigenvalue weighted by Gasteiger charge is 2.22. The number of hydrogen-bond donors (Lipinski definition) is 2. The van der Waals surface area contributed by atoms with Crippen molar-refractivity contribution in [3.8, 4) is 6.07 Å². The third-order valence-corrected chi connectivity index (χ3v) is 4.09. The van der Waals surface area contributed by atoms with E-state index in [4.69, 9.17) is 10.00 Å². The molecule has 1 heterocycles. The van der Waals surface area contributed by atoms with Gasteiger partial charge in [-0.05, 0) is 43.5 Å². The normalized spacial score (nSPS) is 17.5. The zero-order chi connectivity index (χ0) is 17.4. The van der Waals surface area contributed by atoms with E-state index in [-0.39, 0.29) is 11.3 Å². The van der Waals surface area contributed by atoms with Gasteiger partial charge in [0.1, 0.15) is 5.82 Å². The first kappa shape index (κ1) is 18.2. The van der Waals surface area contributed by atoms with Gasteiger partial charge in [0.25, 0.3) is 0 Å². The van der Waals surface area contributed by atoms with Crippen molar-refractivity contribution in [1.29, 1.82) is 5.26 Å². The molecule has 1 aromatic carbocycles. The lowest BCUT2D eigenvalue weighted by Crippen LogP contribution is -2.34. The molecule has 7 heteroatoms. The van der Waals surface area contributed by atoms with Crippen LogP contribution in [0.5, 0.6) is 0 Å². The number of likely N-dealkylation sites (tertiary alicyclic amines) is 1. The van der Waals surface area contributed by atoms with E-state index in [9.17, 15) is 9.18 Å². The van der Waals surface area contributed by atoms with Gasteiger partial charge in [0.15, 0.2) is 0 Å². The molecule has 6 nitrogen and oxygen atoms in total. The van der Waals surface area contributed by atoms with E-state index in [1.807, 2.05) is 6.07 Å². The van der Waals surface area contributed by atoms with Crippen molar-refractivity contribution >= 4 is 11.7 Å². The summed E-state index contributed by atoms with van der Waals surface area (Å²) < 4.78 is 18.8. The Morgan fingerprint density at radius 3 is 3.08 bits per heavy atom. The third kappa shape index (κ3) is 5.48. The number of nitriles is 1. The van der Waals surface area contributed by atoms with Crippen LogP contribution in [0.4, 0.5) is 14.9 Å². The number of methoxy groups -OCH3 is 1. The van der Waals surface area contributed by atoms with Crippen LogP contribution in [0.25, 0.3) is 0 Å². The van der Waals surface area contributed by atoms with E-state index in [2.05, 4.69) is 15.5 Å². The van der Waals surface area contributed by atoms with Crippen LogP contribution in [0, 0.1) is 23.1 Å². The number of rotatable bonds is 7. The minimum atomic E-state index is -0.616. The Kier molecular flexibility index (Phi) is 6.97. The van der Waals surface area contributed by atoms with Gasteiger partial charge in [-0.15, -0.1) is 0 Å². The molecule has 1 aliphatic heterocycles. The second-order valence-corrected chi connectivity index (χ2v) is 5.94. The van der Waals surface area contributed by atoms with E-state index in [1.54, 1.807) is 7.11 Å². The number of nitrogens with one attached hydrogen (secondary N) is 2. The van der Waals surface area contributed by atoms with Gasteiger partial charge in [0.05, 0.1) is 17.3 Å². The van der Waals surface area contributed by atoms with Gasteiger partial charge < -0.3 is 20.3 Å². The van der Waals surface area contributed by atoms with Gasteiger partial charge >= 0.3 is 6.03 Å². The Morgan fingerprint density at radius 2 is 2.38 bits per heavy atom. The first-order chi connectivity index (χ1) is 11.6. The molecule has 0 aromatic heterocycles. The first-order valence-electron chi connectivity index (χ1n) is 8.08.